The monoisotopic (exact) mass is 267 g/mol. The molecule has 0 heterocycles. The lowest BCUT2D eigenvalue weighted by atomic mass is 10.2. The number of hydrogen-bond donors (Lipinski definition) is 2. The van der Waals surface area contributed by atoms with Crippen LogP contribution < -0.4 is 5.32 Å². The molecule has 0 unspecified atom stereocenters. The van der Waals surface area contributed by atoms with E-state index in [2.05, 4.69) is 5.32 Å². The van der Waals surface area contributed by atoms with Crippen molar-refractivity contribution in [3.63, 3.8) is 0 Å². The molecule has 0 radical (unpaired) electrons. The van der Waals surface area contributed by atoms with Crippen LogP contribution in [0.3, 0.4) is 0 Å². The van der Waals surface area contributed by atoms with Crippen molar-refractivity contribution >= 4 is 17.7 Å². The summed E-state index contributed by atoms with van der Waals surface area (Å²) in [6, 6.07) is 5.84. The van der Waals surface area contributed by atoms with Crippen molar-refractivity contribution < 1.29 is 19.4 Å². The molecule has 0 aliphatic rings. The highest BCUT2D eigenvalue weighted by molar-refractivity contribution is 5.89. The van der Waals surface area contributed by atoms with E-state index in [4.69, 9.17) is 9.84 Å². The lowest BCUT2D eigenvalue weighted by Gasteiger charge is -2.19. The number of carbonyl (C=O) groups excluding carboxylic acids is 1. The zero-order valence-electron chi connectivity index (χ0n) is 12.0. The predicted octanol–water partition coefficient (Wildman–Crippen LogP) is 3.76. The largest absolute Gasteiger partial charge is 0.478 e. The third-order valence-electron chi connectivity index (χ3n) is 1.78. The van der Waals surface area contributed by atoms with Gasteiger partial charge in [0.25, 0.3) is 0 Å². The number of aromatic carboxylic acids is 1. The number of anilines is 1. The first-order valence-electron chi connectivity index (χ1n) is 6.11. The number of amides is 1. The molecule has 0 aliphatic carbocycles. The standard InChI is InChI=1S/C12H15NO4.C2H6/c1-12(2,3)17-11(16)13-9-6-4-8(5-7-9)10(14)15;1-2/h4-7H,1-3H3,(H,13,16)(H,14,15);1-2H3. The quantitative estimate of drug-likeness (QED) is 0.855. The molecule has 1 aromatic rings. The van der Waals surface area contributed by atoms with Gasteiger partial charge >= 0.3 is 12.1 Å². The van der Waals surface area contributed by atoms with Gasteiger partial charge in [-0.05, 0) is 45.0 Å². The maximum atomic E-state index is 11.4. The summed E-state index contributed by atoms with van der Waals surface area (Å²) in [4.78, 5) is 22.0. The topological polar surface area (TPSA) is 75.6 Å². The Morgan fingerprint density at radius 1 is 1.11 bits per heavy atom. The molecule has 106 valence electrons. The summed E-state index contributed by atoms with van der Waals surface area (Å²) < 4.78 is 5.05. The molecule has 1 rings (SSSR count). The maximum Gasteiger partial charge on any atom is 0.412 e. The molecule has 0 atom stereocenters. The lowest BCUT2D eigenvalue weighted by Crippen LogP contribution is -2.27. The van der Waals surface area contributed by atoms with Gasteiger partial charge in [0.05, 0.1) is 5.56 Å². The molecule has 19 heavy (non-hydrogen) atoms. The van der Waals surface area contributed by atoms with Gasteiger partial charge in [-0.2, -0.15) is 0 Å². The first-order valence-corrected chi connectivity index (χ1v) is 6.11. The molecule has 0 saturated carbocycles. The predicted molar refractivity (Wildman–Crippen MR) is 74.6 cm³/mol. The summed E-state index contributed by atoms with van der Waals surface area (Å²) in [6.45, 7) is 9.29. The summed E-state index contributed by atoms with van der Waals surface area (Å²) in [5.74, 6) is -1.01. The van der Waals surface area contributed by atoms with E-state index < -0.39 is 17.7 Å². The number of benzene rings is 1. The van der Waals surface area contributed by atoms with Crippen LogP contribution in [-0.4, -0.2) is 22.8 Å². The molecule has 0 spiro atoms. The van der Waals surface area contributed by atoms with Gasteiger partial charge in [-0.15, -0.1) is 0 Å². The van der Waals surface area contributed by atoms with E-state index >= 15 is 0 Å². The fraction of sp³-hybridized carbons (Fsp3) is 0.429. The van der Waals surface area contributed by atoms with Crippen LogP contribution in [0.4, 0.5) is 10.5 Å². The fourth-order valence-corrected chi connectivity index (χ4v) is 1.12. The van der Waals surface area contributed by atoms with Crippen LogP contribution in [0.5, 0.6) is 0 Å². The van der Waals surface area contributed by atoms with Crippen molar-refractivity contribution in [3.05, 3.63) is 29.8 Å². The average Bonchev–Trinajstić information content (AvgIpc) is 2.29. The van der Waals surface area contributed by atoms with Crippen molar-refractivity contribution in [1.29, 1.82) is 0 Å². The fourth-order valence-electron chi connectivity index (χ4n) is 1.12. The summed E-state index contributed by atoms with van der Waals surface area (Å²) in [7, 11) is 0. The maximum absolute atomic E-state index is 11.4. The van der Waals surface area contributed by atoms with Gasteiger partial charge in [-0.1, -0.05) is 13.8 Å². The first-order chi connectivity index (χ1) is 8.78. The molecule has 0 fully saturated rings. The first kappa shape index (κ1) is 17.0. The number of hydrogen-bond acceptors (Lipinski definition) is 3. The minimum absolute atomic E-state index is 0.166. The molecule has 1 aromatic carbocycles. The van der Waals surface area contributed by atoms with Crippen LogP contribution in [0.15, 0.2) is 24.3 Å². The molecular weight excluding hydrogens is 246 g/mol. The molecular formula is C14H21NO4. The second-order valence-corrected chi connectivity index (χ2v) is 4.51. The normalized spacial score (nSPS) is 9.95. The van der Waals surface area contributed by atoms with Crippen molar-refractivity contribution in [2.24, 2.45) is 0 Å². The van der Waals surface area contributed by atoms with Crippen molar-refractivity contribution in [1.82, 2.24) is 0 Å². The van der Waals surface area contributed by atoms with Crippen LogP contribution >= 0.6 is 0 Å². The number of carbonyl (C=O) groups is 2. The van der Waals surface area contributed by atoms with E-state index in [1.165, 1.54) is 24.3 Å². The van der Waals surface area contributed by atoms with Crippen LogP contribution in [0.1, 0.15) is 45.0 Å². The van der Waals surface area contributed by atoms with Gasteiger partial charge in [0.2, 0.25) is 0 Å². The Bertz CT molecular complexity index is 418. The SMILES string of the molecule is CC.CC(C)(C)OC(=O)Nc1ccc(C(=O)O)cc1. The van der Waals surface area contributed by atoms with E-state index in [0.717, 1.165) is 0 Å². The summed E-state index contributed by atoms with van der Waals surface area (Å²) >= 11 is 0. The minimum Gasteiger partial charge on any atom is -0.478 e. The molecule has 0 aromatic heterocycles. The Labute approximate surface area is 113 Å². The summed E-state index contributed by atoms with van der Waals surface area (Å²) in [6.07, 6.45) is -0.569. The van der Waals surface area contributed by atoms with E-state index in [1.807, 2.05) is 13.8 Å². The average molecular weight is 267 g/mol. The number of ether oxygens (including phenoxy) is 1. The van der Waals surface area contributed by atoms with Gasteiger partial charge in [0.1, 0.15) is 5.60 Å². The van der Waals surface area contributed by atoms with E-state index in [0.29, 0.717) is 5.69 Å². The highest BCUT2D eigenvalue weighted by Crippen LogP contribution is 2.12. The van der Waals surface area contributed by atoms with Gasteiger partial charge in [-0.3, -0.25) is 5.32 Å². The third-order valence-corrected chi connectivity index (χ3v) is 1.78. The Morgan fingerprint density at radius 2 is 1.58 bits per heavy atom. The van der Waals surface area contributed by atoms with Crippen molar-refractivity contribution in [3.8, 4) is 0 Å². The molecule has 0 aliphatic heterocycles. The Kier molecular flexibility index (Phi) is 6.61. The Hall–Kier alpha value is -2.04. The Morgan fingerprint density at radius 3 is 1.95 bits per heavy atom. The molecule has 0 bridgehead atoms. The number of carboxylic acids is 1. The second-order valence-electron chi connectivity index (χ2n) is 4.51. The van der Waals surface area contributed by atoms with Crippen molar-refractivity contribution in [2.45, 2.75) is 40.2 Å². The highest BCUT2D eigenvalue weighted by Gasteiger charge is 2.16. The van der Waals surface area contributed by atoms with E-state index in [9.17, 15) is 9.59 Å². The van der Waals surface area contributed by atoms with E-state index in [-0.39, 0.29) is 5.56 Å². The highest BCUT2D eigenvalue weighted by atomic mass is 16.6. The molecule has 5 nitrogen and oxygen atoms in total. The summed E-state index contributed by atoms with van der Waals surface area (Å²) in [5.41, 5.74) is 0.0921. The zero-order chi connectivity index (χ0) is 15.1. The Balaban J connectivity index is 0.00000154. The third kappa shape index (κ3) is 7.08. The second kappa shape index (κ2) is 7.41. The molecule has 5 heteroatoms. The smallest absolute Gasteiger partial charge is 0.412 e. The molecule has 2 N–H and O–H groups in total. The minimum atomic E-state index is -1.01. The summed E-state index contributed by atoms with van der Waals surface area (Å²) in [5, 5.41) is 11.2. The number of nitrogens with one attached hydrogen (secondary N) is 1. The van der Waals surface area contributed by atoms with Crippen LogP contribution in [0.2, 0.25) is 0 Å². The van der Waals surface area contributed by atoms with Gasteiger partial charge < -0.3 is 9.84 Å². The van der Waals surface area contributed by atoms with E-state index in [1.54, 1.807) is 20.8 Å². The zero-order valence-corrected chi connectivity index (χ0v) is 12.0. The number of carboxylic acid groups (broad SMARTS) is 1. The van der Waals surface area contributed by atoms with Crippen LogP contribution in [0, 0.1) is 0 Å². The van der Waals surface area contributed by atoms with Gasteiger partial charge in [-0.25, -0.2) is 9.59 Å². The number of rotatable bonds is 2. The molecule has 1 amide bonds. The van der Waals surface area contributed by atoms with Crippen LogP contribution in [0.25, 0.3) is 0 Å². The van der Waals surface area contributed by atoms with Gasteiger partial charge in [0, 0.05) is 5.69 Å². The van der Waals surface area contributed by atoms with Crippen LogP contribution in [-0.2, 0) is 4.74 Å². The van der Waals surface area contributed by atoms with Crippen molar-refractivity contribution in [2.75, 3.05) is 5.32 Å². The lowest BCUT2D eigenvalue weighted by molar-refractivity contribution is 0.0634. The molecule has 0 saturated heterocycles. The van der Waals surface area contributed by atoms with Gasteiger partial charge in [0.15, 0.2) is 0 Å².